The Morgan fingerprint density at radius 2 is 1.77 bits per heavy atom. The number of imide groups is 1. The molecule has 1 aliphatic carbocycles. The molecule has 2 amide bonds. The zero-order valence-corrected chi connectivity index (χ0v) is 24.6. The van der Waals surface area contributed by atoms with Gasteiger partial charge in [0.15, 0.2) is 0 Å². The Bertz CT molecular complexity index is 1530. The van der Waals surface area contributed by atoms with Crippen LogP contribution in [0.5, 0.6) is 5.75 Å². The minimum absolute atomic E-state index is 0.0373. The van der Waals surface area contributed by atoms with Gasteiger partial charge in [0.05, 0.1) is 0 Å². The van der Waals surface area contributed by atoms with Crippen LogP contribution >= 0.6 is 0 Å². The number of benzene rings is 3. The number of alkyl halides is 1. The van der Waals surface area contributed by atoms with Crippen LogP contribution in [0.1, 0.15) is 38.7 Å². The third-order valence-corrected chi connectivity index (χ3v) is 10.8. The van der Waals surface area contributed by atoms with Gasteiger partial charge >= 0.3 is 240 Å². The number of ether oxygens (including phenoxy) is 1. The number of carbonyl (C=O) groups is 2. The van der Waals surface area contributed by atoms with E-state index < -0.39 is 32.5 Å². The monoisotopic (exact) mass is 650 g/mol. The average molecular weight is 651 g/mol. The number of nitrogens with zero attached hydrogens (tertiary/aromatic N) is 3. The van der Waals surface area contributed by atoms with Crippen molar-refractivity contribution in [2.75, 3.05) is 15.9 Å². The quantitative estimate of drug-likeness (QED) is 0.223. The number of hydrogen-bond donors (Lipinski definition) is 0. The molecule has 6 nitrogen and oxygen atoms in total. The average Bonchev–Trinajstić information content (AvgIpc) is 2.97. The van der Waals surface area contributed by atoms with Crippen molar-refractivity contribution in [1.82, 2.24) is 0 Å². The van der Waals surface area contributed by atoms with E-state index in [2.05, 4.69) is 10.1 Å². The van der Waals surface area contributed by atoms with Crippen molar-refractivity contribution >= 4 is 28.3 Å². The first-order valence-corrected chi connectivity index (χ1v) is 16.1. The molecule has 1 saturated heterocycles. The van der Waals surface area contributed by atoms with E-state index in [4.69, 9.17) is 4.74 Å². The molecular formula is C32H30FIN3O3-. The normalized spacial score (nSPS) is 26.3. The molecule has 2 aliphatic rings. The van der Waals surface area contributed by atoms with E-state index in [1.165, 1.54) is 17.0 Å². The summed E-state index contributed by atoms with van der Waals surface area (Å²) in [5, 5.41) is 20.4. The number of carbonyl (C=O) groups excluding carboxylic acids is 2. The summed E-state index contributed by atoms with van der Waals surface area (Å²) in [6.45, 7) is 4.29. The van der Waals surface area contributed by atoms with Crippen LogP contribution in [-0.4, -0.2) is 22.8 Å². The van der Waals surface area contributed by atoms with E-state index >= 15 is 0 Å². The van der Waals surface area contributed by atoms with Crippen LogP contribution in [0.4, 0.5) is 10.1 Å². The van der Waals surface area contributed by atoms with Crippen molar-refractivity contribution in [2.24, 2.45) is 29.1 Å². The van der Waals surface area contributed by atoms with Gasteiger partial charge in [0.25, 0.3) is 0 Å². The predicted octanol–water partition coefficient (Wildman–Crippen LogP) is 3.05. The Balaban J connectivity index is 1.53. The van der Waals surface area contributed by atoms with Crippen LogP contribution in [0, 0.1) is 55.6 Å². The number of rotatable bonds is 7. The van der Waals surface area contributed by atoms with E-state index in [1.54, 1.807) is 24.3 Å². The second-order valence-electron chi connectivity index (χ2n) is 10.9. The Kier molecular flexibility index (Phi) is 8.09. The molecule has 1 heterocycles. The summed E-state index contributed by atoms with van der Waals surface area (Å²) >= 11 is -0.665. The van der Waals surface area contributed by atoms with Gasteiger partial charge in [-0.25, -0.2) is 4.39 Å². The maximum atomic E-state index is 14.6. The summed E-state index contributed by atoms with van der Waals surface area (Å²) in [7, 11) is 0. The van der Waals surface area contributed by atoms with Crippen LogP contribution in [-0.2, 0) is 9.59 Å². The fraction of sp³-hybridized carbons (Fsp3) is 0.375. The molecule has 3 aromatic rings. The fourth-order valence-corrected chi connectivity index (χ4v) is 8.75. The molecule has 5 atom stereocenters. The first kappa shape index (κ1) is 28.0. The Hall–Kier alpha value is -3.50. The van der Waals surface area contributed by atoms with E-state index in [-0.39, 0.29) is 35.4 Å². The number of halogens is 2. The maximum absolute atomic E-state index is 14.6. The van der Waals surface area contributed by atoms with Crippen molar-refractivity contribution in [3.63, 3.8) is 0 Å². The summed E-state index contributed by atoms with van der Waals surface area (Å²) in [5.74, 6) is -0.702. The van der Waals surface area contributed by atoms with Gasteiger partial charge in [0, 0.05) is 0 Å². The molecule has 1 saturated carbocycles. The predicted molar refractivity (Wildman–Crippen MR) is 145 cm³/mol. The molecule has 8 heteroatoms. The molecule has 0 radical (unpaired) electrons. The van der Waals surface area contributed by atoms with Crippen LogP contribution < -0.4 is 30.8 Å². The van der Waals surface area contributed by atoms with Gasteiger partial charge in [-0.15, -0.1) is 0 Å². The number of anilines is 1. The third-order valence-electron chi connectivity index (χ3n) is 8.89. The summed E-state index contributed by atoms with van der Waals surface area (Å²) in [5.41, 5.74) is 0.155. The van der Waals surface area contributed by atoms with Gasteiger partial charge in [0.1, 0.15) is 0 Å². The van der Waals surface area contributed by atoms with E-state index in [0.717, 1.165) is 17.3 Å². The topological polar surface area (TPSA) is 94.2 Å². The zero-order valence-electron chi connectivity index (χ0n) is 22.4. The van der Waals surface area contributed by atoms with Crippen molar-refractivity contribution in [1.29, 1.82) is 10.5 Å². The molecule has 2 fully saturated rings. The summed E-state index contributed by atoms with van der Waals surface area (Å²) < 4.78 is 22.4. The molecule has 40 heavy (non-hydrogen) atoms. The molecule has 5 rings (SSSR count). The second kappa shape index (κ2) is 11.5. The fourth-order valence-electron chi connectivity index (χ4n) is 7.00. The number of nitriles is 2. The van der Waals surface area contributed by atoms with E-state index in [0.29, 0.717) is 40.8 Å². The first-order chi connectivity index (χ1) is 19.3. The molecule has 3 unspecified atom stereocenters. The minimum atomic E-state index is -0.837. The van der Waals surface area contributed by atoms with Crippen molar-refractivity contribution in [3.8, 4) is 15.9 Å². The SMILES string of the molecule is C[C@@H]1C(=O)N(c2ccc(C#N)c3ccccc23)C(=O)[C@@]2(C)C(CCOc3ccc(F)cc3)CCC(C[I-]C#N)C12. The molecule has 206 valence electrons. The molecule has 0 N–H and O–H groups in total. The Morgan fingerprint density at radius 1 is 1.05 bits per heavy atom. The number of hydrogen-bond acceptors (Lipinski definition) is 5. The Morgan fingerprint density at radius 3 is 2.48 bits per heavy atom. The van der Waals surface area contributed by atoms with Crippen molar-refractivity contribution in [2.45, 2.75) is 33.1 Å². The van der Waals surface area contributed by atoms with Crippen molar-refractivity contribution < 1.29 is 39.9 Å². The summed E-state index contributed by atoms with van der Waals surface area (Å²) in [6, 6.07) is 18.9. The first-order valence-electron chi connectivity index (χ1n) is 13.5. The van der Waals surface area contributed by atoms with Crippen LogP contribution in [0.25, 0.3) is 10.8 Å². The third kappa shape index (κ3) is 4.83. The second-order valence-corrected chi connectivity index (χ2v) is 13.0. The summed E-state index contributed by atoms with van der Waals surface area (Å²) in [6.07, 6.45) is 2.28. The van der Waals surface area contributed by atoms with Crippen LogP contribution in [0.15, 0.2) is 60.7 Å². The Labute approximate surface area is 244 Å². The van der Waals surface area contributed by atoms with E-state index in [1.807, 2.05) is 38.1 Å². The zero-order chi connectivity index (χ0) is 28.4. The van der Waals surface area contributed by atoms with Gasteiger partial charge in [0.2, 0.25) is 0 Å². The molecule has 0 spiro atoms. The van der Waals surface area contributed by atoms with Crippen LogP contribution in [0.2, 0.25) is 0 Å². The van der Waals surface area contributed by atoms with Gasteiger partial charge in [-0.05, 0) is 0 Å². The molecule has 0 aromatic heterocycles. The van der Waals surface area contributed by atoms with Gasteiger partial charge in [-0.3, -0.25) is 0 Å². The number of fused-ring (bicyclic) bond motifs is 2. The van der Waals surface area contributed by atoms with Gasteiger partial charge in [-0.1, -0.05) is 0 Å². The molecule has 1 aliphatic heterocycles. The van der Waals surface area contributed by atoms with E-state index in [9.17, 15) is 24.5 Å². The molecule has 3 aromatic carbocycles. The molecule has 0 bridgehead atoms. The standard InChI is InChI=1S/C32H30FIN3O3/c1-20-29-21(17-34-19-36)7-9-23(15-16-40-25-12-10-24(33)11-13-25)32(29,2)31(39)37(30(20)38)28-14-8-22(18-35)26-5-3-4-6-27(26)28/h3-6,8,10-14,20-21,23,29H,7,9,15-17H2,1-2H3/q-1/t20-,21?,23?,29?,32-/m0/s1. The summed E-state index contributed by atoms with van der Waals surface area (Å²) in [4.78, 5) is 30.0. The van der Waals surface area contributed by atoms with Crippen LogP contribution in [0.3, 0.4) is 0 Å². The van der Waals surface area contributed by atoms with Crippen molar-refractivity contribution in [3.05, 3.63) is 72.0 Å². The number of amides is 2. The number of piperidine rings is 1. The molecular weight excluding hydrogens is 620 g/mol. The van der Waals surface area contributed by atoms with Gasteiger partial charge in [-0.2, -0.15) is 0 Å². The van der Waals surface area contributed by atoms with Gasteiger partial charge < -0.3 is 0 Å².